The zero-order chi connectivity index (χ0) is 12.1. The Morgan fingerprint density at radius 1 is 1.44 bits per heavy atom. The van der Waals surface area contributed by atoms with Crippen LogP contribution in [0.25, 0.3) is 0 Å². The molecule has 1 rings (SSSR count). The van der Waals surface area contributed by atoms with E-state index in [2.05, 4.69) is 5.32 Å². The van der Waals surface area contributed by atoms with Gasteiger partial charge < -0.3 is 20.3 Å². The van der Waals surface area contributed by atoms with Crippen molar-refractivity contribution in [2.45, 2.75) is 44.4 Å². The summed E-state index contributed by atoms with van der Waals surface area (Å²) in [5.74, 6) is -1.38. The first kappa shape index (κ1) is 12.9. The number of amides is 1. The van der Waals surface area contributed by atoms with Gasteiger partial charge >= 0.3 is 5.97 Å². The monoisotopic (exact) mass is 231 g/mol. The van der Waals surface area contributed by atoms with Crippen molar-refractivity contribution >= 4 is 11.9 Å². The third-order valence-electron chi connectivity index (χ3n) is 2.65. The van der Waals surface area contributed by atoms with Gasteiger partial charge in [-0.15, -0.1) is 0 Å². The summed E-state index contributed by atoms with van der Waals surface area (Å²) in [6, 6.07) is -0.292. The van der Waals surface area contributed by atoms with Crippen LogP contribution in [0.2, 0.25) is 0 Å². The molecule has 3 N–H and O–H groups in total. The number of aliphatic hydroxyl groups is 1. The van der Waals surface area contributed by atoms with Crippen LogP contribution < -0.4 is 5.32 Å². The fraction of sp³-hybridized carbons (Fsp3) is 0.800. The van der Waals surface area contributed by atoms with Gasteiger partial charge in [0.25, 0.3) is 0 Å². The van der Waals surface area contributed by atoms with Gasteiger partial charge in [0.2, 0.25) is 5.91 Å². The van der Waals surface area contributed by atoms with E-state index in [-0.39, 0.29) is 18.6 Å². The summed E-state index contributed by atoms with van der Waals surface area (Å²) in [6.07, 6.45) is -0.211. The van der Waals surface area contributed by atoms with E-state index in [0.717, 1.165) is 0 Å². The predicted octanol–water partition coefficient (Wildman–Crippen LogP) is -0.494. The van der Waals surface area contributed by atoms with Crippen LogP contribution in [-0.2, 0) is 14.3 Å². The number of carboxylic acid groups (broad SMARTS) is 1. The Morgan fingerprint density at radius 2 is 2.06 bits per heavy atom. The van der Waals surface area contributed by atoms with Gasteiger partial charge in [-0.3, -0.25) is 4.79 Å². The van der Waals surface area contributed by atoms with Crippen LogP contribution >= 0.6 is 0 Å². The maximum atomic E-state index is 11.6. The van der Waals surface area contributed by atoms with E-state index in [4.69, 9.17) is 14.9 Å². The molecular weight excluding hydrogens is 214 g/mol. The lowest BCUT2D eigenvalue weighted by Gasteiger charge is -2.17. The second-order valence-corrected chi connectivity index (χ2v) is 3.83. The number of rotatable bonds is 5. The maximum absolute atomic E-state index is 11.6. The number of aliphatic hydroxyl groups excluding tert-OH is 1. The number of ether oxygens (including phenoxy) is 1. The number of nitrogens with one attached hydrogen (secondary N) is 1. The van der Waals surface area contributed by atoms with Crippen molar-refractivity contribution in [3.8, 4) is 0 Å². The summed E-state index contributed by atoms with van der Waals surface area (Å²) in [6.45, 7) is 1.72. The lowest BCUT2D eigenvalue weighted by Crippen LogP contribution is -2.43. The fourth-order valence-electron chi connectivity index (χ4n) is 1.58. The first-order valence-electron chi connectivity index (χ1n) is 5.38. The molecular formula is C10H17NO5. The molecule has 0 saturated carbocycles. The van der Waals surface area contributed by atoms with Crippen LogP contribution in [0.1, 0.15) is 26.2 Å². The Morgan fingerprint density at radius 3 is 2.50 bits per heavy atom. The second-order valence-electron chi connectivity index (χ2n) is 3.83. The van der Waals surface area contributed by atoms with E-state index in [0.29, 0.717) is 19.3 Å². The van der Waals surface area contributed by atoms with Gasteiger partial charge in [-0.1, -0.05) is 6.92 Å². The zero-order valence-corrected chi connectivity index (χ0v) is 9.18. The molecule has 0 aromatic carbocycles. The number of carbonyl (C=O) groups is 2. The fourth-order valence-corrected chi connectivity index (χ4v) is 1.58. The van der Waals surface area contributed by atoms with Gasteiger partial charge in [0.15, 0.2) is 6.10 Å². The Kier molecular flexibility index (Phi) is 4.70. The van der Waals surface area contributed by atoms with Crippen LogP contribution in [0.4, 0.5) is 0 Å². The highest BCUT2D eigenvalue weighted by Crippen LogP contribution is 2.20. The number of hydrogen-bond acceptors (Lipinski definition) is 4. The summed E-state index contributed by atoms with van der Waals surface area (Å²) >= 11 is 0. The van der Waals surface area contributed by atoms with Gasteiger partial charge in [0.05, 0.1) is 12.6 Å². The van der Waals surface area contributed by atoms with E-state index in [1.54, 1.807) is 0 Å². The standard InChI is InChI=1S/C10H17NO5/c1-2-6(5-12)11-9(13)7-3-4-8(16-7)10(14)15/h6-8,12H,2-5H2,1H3,(H,11,13)(H,14,15). The molecule has 1 heterocycles. The summed E-state index contributed by atoms with van der Waals surface area (Å²) in [7, 11) is 0. The van der Waals surface area contributed by atoms with Gasteiger partial charge in [-0.2, -0.15) is 0 Å². The molecule has 1 aliphatic heterocycles. The van der Waals surface area contributed by atoms with E-state index in [1.807, 2.05) is 6.92 Å². The van der Waals surface area contributed by atoms with E-state index >= 15 is 0 Å². The molecule has 16 heavy (non-hydrogen) atoms. The summed E-state index contributed by atoms with van der Waals surface area (Å²) in [5, 5.41) is 20.2. The van der Waals surface area contributed by atoms with Gasteiger partial charge in [0.1, 0.15) is 6.10 Å². The topological polar surface area (TPSA) is 95.9 Å². The molecule has 3 atom stereocenters. The zero-order valence-electron chi connectivity index (χ0n) is 9.18. The highest BCUT2D eigenvalue weighted by Gasteiger charge is 2.35. The lowest BCUT2D eigenvalue weighted by atomic mass is 10.1. The van der Waals surface area contributed by atoms with Crippen molar-refractivity contribution in [1.82, 2.24) is 5.32 Å². The predicted molar refractivity (Wildman–Crippen MR) is 54.8 cm³/mol. The molecule has 0 aromatic rings. The van der Waals surface area contributed by atoms with Crippen LogP contribution in [0.15, 0.2) is 0 Å². The van der Waals surface area contributed by atoms with Crippen LogP contribution in [-0.4, -0.2) is 46.9 Å². The minimum atomic E-state index is -1.04. The molecule has 0 bridgehead atoms. The Balaban J connectivity index is 2.41. The van der Waals surface area contributed by atoms with E-state index < -0.39 is 18.2 Å². The minimum absolute atomic E-state index is 0.128. The van der Waals surface area contributed by atoms with Crippen molar-refractivity contribution in [3.63, 3.8) is 0 Å². The number of aliphatic carboxylic acids is 1. The van der Waals surface area contributed by atoms with Crippen LogP contribution in [0, 0.1) is 0 Å². The van der Waals surface area contributed by atoms with Crippen LogP contribution in [0.5, 0.6) is 0 Å². The molecule has 0 aromatic heterocycles. The molecule has 0 aliphatic carbocycles. The summed E-state index contributed by atoms with van der Waals surface area (Å²) < 4.78 is 5.08. The first-order chi connectivity index (χ1) is 7.58. The quantitative estimate of drug-likeness (QED) is 0.593. The van der Waals surface area contributed by atoms with Crippen molar-refractivity contribution < 1.29 is 24.5 Å². The first-order valence-corrected chi connectivity index (χ1v) is 5.38. The number of hydrogen-bond donors (Lipinski definition) is 3. The van der Waals surface area contributed by atoms with Crippen molar-refractivity contribution in [2.75, 3.05) is 6.61 Å². The van der Waals surface area contributed by atoms with Crippen molar-refractivity contribution in [2.24, 2.45) is 0 Å². The van der Waals surface area contributed by atoms with Gasteiger partial charge in [-0.05, 0) is 19.3 Å². The average Bonchev–Trinajstić information content (AvgIpc) is 2.74. The third kappa shape index (κ3) is 3.18. The molecule has 1 amide bonds. The second kappa shape index (κ2) is 5.81. The maximum Gasteiger partial charge on any atom is 0.332 e. The number of carboxylic acids is 1. The molecule has 1 fully saturated rings. The van der Waals surface area contributed by atoms with Crippen molar-refractivity contribution in [1.29, 1.82) is 0 Å². The lowest BCUT2D eigenvalue weighted by molar-refractivity contribution is -0.152. The highest BCUT2D eigenvalue weighted by molar-refractivity contribution is 5.82. The van der Waals surface area contributed by atoms with Gasteiger partial charge in [-0.25, -0.2) is 4.79 Å². The summed E-state index contributed by atoms with van der Waals surface area (Å²) in [4.78, 5) is 22.2. The molecule has 0 spiro atoms. The molecule has 6 heteroatoms. The molecule has 3 unspecified atom stereocenters. The highest BCUT2D eigenvalue weighted by atomic mass is 16.5. The number of carbonyl (C=O) groups excluding carboxylic acids is 1. The smallest absolute Gasteiger partial charge is 0.332 e. The largest absolute Gasteiger partial charge is 0.479 e. The van der Waals surface area contributed by atoms with Crippen molar-refractivity contribution in [3.05, 3.63) is 0 Å². The molecule has 0 radical (unpaired) electrons. The molecule has 1 saturated heterocycles. The Bertz CT molecular complexity index is 264. The molecule has 1 aliphatic rings. The van der Waals surface area contributed by atoms with Gasteiger partial charge in [0, 0.05) is 0 Å². The minimum Gasteiger partial charge on any atom is -0.479 e. The Labute approximate surface area is 93.6 Å². The SMILES string of the molecule is CCC(CO)NC(=O)C1CCC(C(=O)O)O1. The normalized spacial score (nSPS) is 26.4. The molecule has 6 nitrogen and oxygen atoms in total. The Hall–Kier alpha value is -1.14. The summed E-state index contributed by atoms with van der Waals surface area (Å²) in [5.41, 5.74) is 0. The van der Waals surface area contributed by atoms with E-state index in [1.165, 1.54) is 0 Å². The average molecular weight is 231 g/mol. The third-order valence-corrected chi connectivity index (χ3v) is 2.65. The van der Waals surface area contributed by atoms with Crippen LogP contribution in [0.3, 0.4) is 0 Å². The van der Waals surface area contributed by atoms with E-state index in [9.17, 15) is 9.59 Å². The molecule has 92 valence electrons.